The normalized spacial score (nSPS) is 13.2. The van der Waals surface area contributed by atoms with E-state index >= 15 is 0 Å². The Morgan fingerprint density at radius 3 is 2.06 bits per heavy atom. The lowest BCUT2D eigenvalue weighted by molar-refractivity contribution is -0.140. The number of halogens is 3. The Morgan fingerprint density at radius 1 is 1.22 bits per heavy atom. The number of rotatable bonds is 5. The van der Waals surface area contributed by atoms with Crippen LogP contribution in [0.25, 0.3) is 0 Å². The Morgan fingerprint density at radius 2 is 1.72 bits per heavy atom. The summed E-state index contributed by atoms with van der Waals surface area (Å²) in [4.78, 5) is 0. The van der Waals surface area contributed by atoms with Gasteiger partial charge in [0.1, 0.15) is 11.5 Å². The molecule has 0 fully saturated rings. The standard InChI is InChI=1S/C11H15F3N2O2/c1-17-8-4-3-5-9(18-2)10(8)7(16-15)6-11(12,13)14/h3-5,7,16H,6,15H2,1-2H3. The molecule has 4 nitrogen and oxygen atoms in total. The second-order valence-corrected chi connectivity index (χ2v) is 3.61. The first-order valence-corrected chi connectivity index (χ1v) is 5.16. The lowest BCUT2D eigenvalue weighted by Gasteiger charge is -2.22. The molecular formula is C11H15F3N2O2. The van der Waals surface area contributed by atoms with Gasteiger partial charge in [0, 0.05) is 0 Å². The van der Waals surface area contributed by atoms with Crippen LogP contribution in [0.5, 0.6) is 11.5 Å². The molecule has 0 aromatic heterocycles. The van der Waals surface area contributed by atoms with Crippen molar-refractivity contribution in [1.82, 2.24) is 5.43 Å². The summed E-state index contributed by atoms with van der Waals surface area (Å²) in [5, 5.41) is 0. The van der Waals surface area contributed by atoms with Gasteiger partial charge in [-0.25, -0.2) is 0 Å². The van der Waals surface area contributed by atoms with Gasteiger partial charge < -0.3 is 9.47 Å². The zero-order chi connectivity index (χ0) is 13.8. The van der Waals surface area contributed by atoms with Crippen LogP contribution in [0.15, 0.2) is 18.2 Å². The summed E-state index contributed by atoms with van der Waals surface area (Å²) in [6, 6.07) is 3.61. The van der Waals surface area contributed by atoms with Gasteiger partial charge in [-0.2, -0.15) is 13.2 Å². The smallest absolute Gasteiger partial charge is 0.390 e. The van der Waals surface area contributed by atoms with Gasteiger partial charge in [-0.3, -0.25) is 11.3 Å². The van der Waals surface area contributed by atoms with Gasteiger partial charge in [0.15, 0.2) is 0 Å². The molecule has 1 aromatic carbocycles. The van der Waals surface area contributed by atoms with Gasteiger partial charge in [0.25, 0.3) is 0 Å². The second-order valence-electron chi connectivity index (χ2n) is 3.61. The van der Waals surface area contributed by atoms with E-state index in [1.165, 1.54) is 14.2 Å². The third-order valence-electron chi connectivity index (χ3n) is 2.45. The van der Waals surface area contributed by atoms with Gasteiger partial charge in [-0.1, -0.05) is 6.07 Å². The monoisotopic (exact) mass is 264 g/mol. The van der Waals surface area contributed by atoms with Crippen molar-refractivity contribution in [2.45, 2.75) is 18.6 Å². The maximum absolute atomic E-state index is 12.5. The Hall–Kier alpha value is -1.47. The molecule has 0 aliphatic heterocycles. The Bertz CT molecular complexity index is 374. The molecule has 1 unspecified atom stereocenters. The number of hydrogen-bond donors (Lipinski definition) is 2. The van der Waals surface area contributed by atoms with Crippen LogP contribution >= 0.6 is 0 Å². The van der Waals surface area contributed by atoms with Crippen LogP contribution in [0.1, 0.15) is 18.0 Å². The van der Waals surface area contributed by atoms with Crippen molar-refractivity contribution in [2.75, 3.05) is 14.2 Å². The van der Waals surface area contributed by atoms with Crippen molar-refractivity contribution in [2.24, 2.45) is 5.84 Å². The minimum atomic E-state index is -4.34. The first kappa shape index (κ1) is 14.6. The number of hydrogen-bond acceptors (Lipinski definition) is 4. The Balaban J connectivity index is 3.18. The van der Waals surface area contributed by atoms with E-state index in [0.29, 0.717) is 11.5 Å². The molecule has 0 amide bonds. The first-order chi connectivity index (χ1) is 8.42. The highest BCUT2D eigenvalue weighted by atomic mass is 19.4. The quantitative estimate of drug-likeness (QED) is 0.632. The summed E-state index contributed by atoms with van der Waals surface area (Å²) in [5.41, 5.74) is 2.40. The second kappa shape index (κ2) is 5.92. The van der Waals surface area contributed by atoms with Crippen LogP contribution < -0.4 is 20.7 Å². The van der Waals surface area contributed by atoms with E-state index in [-0.39, 0.29) is 5.56 Å². The molecule has 0 saturated heterocycles. The van der Waals surface area contributed by atoms with Crippen molar-refractivity contribution in [3.8, 4) is 11.5 Å². The van der Waals surface area contributed by atoms with Crippen molar-refractivity contribution in [1.29, 1.82) is 0 Å². The zero-order valence-corrected chi connectivity index (χ0v) is 10.0. The predicted molar refractivity (Wildman–Crippen MR) is 60.3 cm³/mol. The molecular weight excluding hydrogens is 249 g/mol. The SMILES string of the molecule is COc1cccc(OC)c1C(CC(F)(F)F)NN. The summed E-state index contributed by atoms with van der Waals surface area (Å²) >= 11 is 0. The fraction of sp³-hybridized carbons (Fsp3) is 0.455. The van der Waals surface area contributed by atoms with E-state index in [1.54, 1.807) is 18.2 Å². The molecule has 0 spiro atoms. The highest BCUT2D eigenvalue weighted by molar-refractivity contribution is 5.47. The van der Waals surface area contributed by atoms with E-state index < -0.39 is 18.6 Å². The number of methoxy groups -OCH3 is 2. The van der Waals surface area contributed by atoms with E-state index in [9.17, 15) is 13.2 Å². The summed E-state index contributed by atoms with van der Waals surface area (Å²) in [7, 11) is 2.75. The number of ether oxygens (including phenoxy) is 2. The number of nitrogens with two attached hydrogens (primary N) is 1. The molecule has 0 aliphatic rings. The molecule has 102 valence electrons. The molecule has 3 N–H and O–H groups in total. The number of nitrogens with one attached hydrogen (secondary N) is 1. The van der Waals surface area contributed by atoms with Crippen LogP contribution in [0.3, 0.4) is 0 Å². The van der Waals surface area contributed by atoms with Gasteiger partial charge in [0.2, 0.25) is 0 Å². The summed E-state index contributed by atoms with van der Waals surface area (Å²) in [6.07, 6.45) is -5.46. The molecule has 1 aromatic rings. The molecule has 0 radical (unpaired) electrons. The summed E-state index contributed by atoms with van der Waals surface area (Å²) in [5.74, 6) is 5.78. The van der Waals surface area contributed by atoms with Crippen molar-refractivity contribution >= 4 is 0 Å². The fourth-order valence-electron chi connectivity index (χ4n) is 1.70. The average molecular weight is 264 g/mol. The van der Waals surface area contributed by atoms with Crippen LogP contribution in [0, 0.1) is 0 Å². The van der Waals surface area contributed by atoms with Gasteiger partial charge in [-0.05, 0) is 12.1 Å². The van der Waals surface area contributed by atoms with Crippen molar-refractivity contribution in [3.05, 3.63) is 23.8 Å². The molecule has 0 bridgehead atoms. The predicted octanol–water partition coefficient (Wildman–Crippen LogP) is 2.16. The summed E-state index contributed by atoms with van der Waals surface area (Å²) < 4.78 is 47.5. The average Bonchev–Trinajstić information content (AvgIpc) is 2.33. The minimum absolute atomic E-state index is 0.252. The maximum atomic E-state index is 12.5. The lowest BCUT2D eigenvalue weighted by Crippen LogP contribution is -2.32. The van der Waals surface area contributed by atoms with Crippen LogP contribution in [0.4, 0.5) is 13.2 Å². The highest BCUT2D eigenvalue weighted by Gasteiger charge is 2.34. The van der Waals surface area contributed by atoms with E-state index in [0.717, 1.165) is 0 Å². The maximum Gasteiger partial charge on any atom is 0.390 e. The summed E-state index contributed by atoms with van der Waals surface area (Å²) in [6.45, 7) is 0. The van der Waals surface area contributed by atoms with Crippen molar-refractivity contribution in [3.63, 3.8) is 0 Å². The zero-order valence-electron chi connectivity index (χ0n) is 10.0. The largest absolute Gasteiger partial charge is 0.496 e. The van der Waals surface area contributed by atoms with E-state index in [2.05, 4.69) is 5.43 Å². The molecule has 0 aliphatic carbocycles. The third kappa shape index (κ3) is 3.51. The van der Waals surface area contributed by atoms with Crippen LogP contribution in [-0.4, -0.2) is 20.4 Å². The molecule has 7 heteroatoms. The highest BCUT2D eigenvalue weighted by Crippen LogP contribution is 2.38. The molecule has 1 rings (SSSR count). The Kier molecular flexibility index (Phi) is 4.80. The van der Waals surface area contributed by atoms with E-state index in [4.69, 9.17) is 15.3 Å². The number of hydrazine groups is 1. The van der Waals surface area contributed by atoms with Gasteiger partial charge >= 0.3 is 6.18 Å². The number of alkyl halides is 3. The van der Waals surface area contributed by atoms with Crippen molar-refractivity contribution < 1.29 is 22.6 Å². The number of benzene rings is 1. The van der Waals surface area contributed by atoms with Gasteiger partial charge in [-0.15, -0.1) is 0 Å². The molecule has 0 heterocycles. The van der Waals surface area contributed by atoms with E-state index in [1.807, 2.05) is 0 Å². The first-order valence-electron chi connectivity index (χ1n) is 5.16. The topological polar surface area (TPSA) is 56.5 Å². The Labute approximate surface area is 103 Å². The van der Waals surface area contributed by atoms with Gasteiger partial charge in [0.05, 0.1) is 32.2 Å². The van der Waals surface area contributed by atoms with Crippen LogP contribution in [-0.2, 0) is 0 Å². The fourth-order valence-corrected chi connectivity index (χ4v) is 1.70. The molecule has 0 saturated carbocycles. The third-order valence-corrected chi connectivity index (χ3v) is 2.45. The minimum Gasteiger partial charge on any atom is -0.496 e. The molecule has 18 heavy (non-hydrogen) atoms. The lowest BCUT2D eigenvalue weighted by atomic mass is 10.0. The van der Waals surface area contributed by atoms with Crippen LogP contribution in [0.2, 0.25) is 0 Å². The molecule has 1 atom stereocenters.